The van der Waals surface area contributed by atoms with Crippen molar-refractivity contribution in [1.29, 1.82) is 0 Å². The van der Waals surface area contributed by atoms with Gasteiger partial charge < -0.3 is 4.74 Å². The van der Waals surface area contributed by atoms with Crippen LogP contribution in [0, 0.1) is 6.92 Å². The van der Waals surface area contributed by atoms with Gasteiger partial charge in [0, 0.05) is 11.8 Å². The fraction of sp³-hybridized carbons (Fsp3) is 0.125. The number of amides is 2. The summed E-state index contributed by atoms with van der Waals surface area (Å²) >= 11 is 0. The smallest absolute Gasteiger partial charge is 0.406 e. The number of alkyl halides is 3. The number of Topliss-reactive ketones (excluding diaryl/α,β-unsaturated/α-hetero) is 1. The number of aromatic nitrogens is 3. The molecule has 1 aliphatic rings. The van der Waals surface area contributed by atoms with Crippen LogP contribution >= 0.6 is 0 Å². The van der Waals surface area contributed by atoms with Gasteiger partial charge in [0.05, 0.1) is 33.6 Å². The number of nitrogens with zero attached hydrogens (tertiary/aromatic N) is 4. The maximum Gasteiger partial charge on any atom is 0.573 e. The highest BCUT2D eigenvalue weighted by atomic mass is 19.4. The third-order valence-corrected chi connectivity index (χ3v) is 5.57. The first-order valence-electron chi connectivity index (χ1n) is 10.3. The Hall–Kier alpha value is -4.54. The molecule has 11 heteroatoms. The Balaban J connectivity index is 1.56. The van der Waals surface area contributed by atoms with E-state index in [4.69, 9.17) is 0 Å². The van der Waals surface area contributed by atoms with E-state index in [0.29, 0.717) is 28.0 Å². The highest BCUT2D eigenvalue weighted by molar-refractivity contribution is 6.37. The number of ether oxygens (including phenoxy) is 1. The van der Waals surface area contributed by atoms with Gasteiger partial charge in [-0.2, -0.15) is 5.10 Å². The van der Waals surface area contributed by atoms with Crippen LogP contribution in [0.25, 0.3) is 16.7 Å². The normalized spacial score (nSPS) is 13.5. The number of fused-ring (bicyclic) bond motifs is 3. The maximum absolute atomic E-state index is 13.4. The summed E-state index contributed by atoms with van der Waals surface area (Å²) in [5, 5.41) is 4.76. The maximum atomic E-state index is 13.4. The quantitative estimate of drug-likeness (QED) is 0.312. The third kappa shape index (κ3) is 3.70. The Labute approximate surface area is 195 Å². The Morgan fingerprint density at radius 2 is 1.57 bits per heavy atom. The molecule has 0 bridgehead atoms. The van der Waals surface area contributed by atoms with Crippen molar-refractivity contribution in [2.75, 3.05) is 4.90 Å². The molecule has 4 aromatic rings. The number of hydrogen-bond donors (Lipinski definition) is 0. The first-order chi connectivity index (χ1) is 16.5. The highest BCUT2D eigenvalue weighted by Crippen LogP contribution is 2.35. The molecular weight excluding hydrogens is 465 g/mol. The summed E-state index contributed by atoms with van der Waals surface area (Å²) in [4.78, 5) is 43.3. The van der Waals surface area contributed by atoms with Crippen molar-refractivity contribution in [3.63, 3.8) is 0 Å². The van der Waals surface area contributed by atoms with Gasteiger partial charge in [0.1, 0.15) is 5.75 Å². The van der Waals surface area contributed by atoms with E-state index in [1.165, 1.54) is 54.2 Å². The molecule has 0 spiro atoms. The largest absolute Gasteiger partial charge is 0.573 e. The second kappa shape index (κ2) is 7.76. The summed E-state index contributed by atoms with van der Waals surface area (Å²) in [5.74, 6) is -1.67. The van der Waals surface area contributed by atoms with Gasteiger partial charge in [0.2, 0.25) is 0 Å². The molecule has 0 saturated carbocycles. The molecule has 0 saturated heterocycles. The number of carbonyl (C=O) groups excluding carboxylic acids is 3. The lowest BCUT2D eigenvalue weighted by molar-refractivity contribution is -0.274. The lowest BCUT2D eigenvalue weighted by Crippen LogP contribution is -2.29. The zero-order valence-corrected chi connectivity index (χ0v) is 18.3. The zero-order valence-electron chi connectivity index (χ0n) is 18.3. The number of anilines is 1. The van der Waals surface area contributed by atoms with E-state index in [-0.39, 0.29) is 22.6 Å². The van der Waals surface area contributed by atoms with E-state index in [0.717, 1.165) is 17.0 Å². The number of halogens is 3. The van der Waals surface area contributed by atoms with Crippen LogP contribution in [-0.4, -0.2) is 38.7 Å². The number of hydrogen-bond acceptors (Lipinski definition) is 6. The van der Waals surface area contributed by atoms with E-state index < -0.39 is 23.9 Å². The number of aryl methyl sites for hydroxylation is 1. The molecule has 0 atom stereocenters. The molecule has 2 aromatic carbocycles. The molecule has 0 unspecified atom stereocenters. The average molecular weight is 480 g/mol. The summed E-state index contributed by atoms with van der Waals surface area (Å²) in [5.41, 5.74) is 2.05. The summed E-state index contributed by atoms with van der Waals surface area (Å²) in [6, 6.07) is 11.1. The third-order valence-electron chi connectivity index (χ3n) is 5.57. The minimum absolute atomic E-state index is 0.106. The monoisotopic (exact) mass is 480 g/mol. The van der Waals surface area contributed by atoms with Gasteiger partial charge in [0.15, 0.2) is 11.4 Å². The van der Waals surface area contributed by atoms with Gasteiger partial charge in [-0.05, 0) is 62.4 Å². The molecule has 1 aliphatic heterocycles. The lowest BCUT2D eigenvalue weighted by Gasteiger charge is -2.14. The number of rotatable bonds is 4. The number of pyridine rings is 1. The van der Waals surface area contributed by atoms with Gasteiger partial charge in [-0.3, -0.25) is 14.4 Å². The van der Waals surface area contributed by atoms with Crippen LogP contribution in [0.3, 0.4) is 0 Å². The van der Waals surface area contributed by atoms with E-state index in [9.17, 15) is 27.6 Å². The minimum atomic E-state index is -4.82. The fourth-order valence-electron chi connectivity index (χ4n) is 4.01. The van der Waals surface area contributed by atoms with E-state index in [1.807, 2.05) is 0 Å². The molecule has 35 heavy (non-hydrogen) atoms. The first-order valence-corrected chi connectivity index (χ1v) is 10.3. The first kappa shape index (κ1) is 22.3. The second-order valence-electron chi connectivity index (χ2n) is 7.83. The highest BCUT2D eigenvalue weighted by Gasteiger charge is 2.40. The number of carbonyl (C=O) groups is 3. The van der Waals surface area contributed by atoms with Crippen LogP contribution in [0.5, 0.6) is 5.75 Å². The summed E-state index contributed by atoms with van der Waals surface area (Å²) in [6.45, 7) is 3.06. The van der Waals surface area contributed by atoms with Crippen LogP contribution in [0.2, 0.25) is 0 Å². The Bertz CT molecular complexity index is 1520. The summed E-state index contributed by atoms with van der Waals surface area (Å²) < 4.78 is 42.6. The topological polar surface area (TPSA) is 94.4 Å². The Morgan fingerprint density at radius 1 is 0.943 bits per heavy atom. The van der Waals surface area contributed by atoms with Crippen molar-refractivity contribution < 1.29 is 32.3 Å². The molecule has 3 heterocycles. The van der Waals surface area contributed by atoms with Crippen molar-refractivity contribution in [2.45, 2.75) is 20.2 Å². The van der Waals surface area contributed by atoms with Crippen molar-refractivity contribution in [1.82, 2.24) is 14.8 Å². The summed E-state index contributed by atoms with van der Waals surface area (Å²) in [6.07, 6.45) is -3.54. The number of benzene rings is 2. The van der Waals surface area contributed by atoms with Crippen LogP contribution in [0.1, 0.15) is 43.7 Å². The zero-order chi connectivity index (χ0) is 25.1. The molecule has 0 aliphatic carbocycles. The molecular formula is C24H15F3N4O4. The standard InChI is InChI=1S/C24H15F3N4O4/c1-12-19-20-18(22(33)30(23(20)34)15-5-3-14(4-6-15)13(2)32)11-28-21(19)31(29-12)16-7-9-17(10-8-16)35-24(25,26)27/h3-11H,1-2H3. The van der Waals surface area contributed by atoms with Gasteiger partial charge >= 0.3 is 6.36 Å². The van der Waals surface area contributed by atoms with Gasteiger partial charge in [-0.15, -0.1) is 13.2 Å². The fourth-order valence-corrected chi connectivity index (χ4v) is 4.01. The van der Waals surface area contributed by atoms with Gasteiger partial charge in [-0.25, -0.2) is 14.6 Å². The average Bonchev–Trinajstić information content (AvgIpc) is 3.27. The molecule has 2 amide bonds. The van der Waals surface area contributed by atoms with E-state index in [1.54, 1.807) is 6.92 Å². The van der Waals surface area contributed by atoms with E-state index in [2.05, 4.69) is 14.8 Å². The summed E-state index contributed by atoms with van der Waals surface area (Å²) in [7, 11) is 0. The minimum Gasteiger partial charge on any atom is -0.406 e. The van der Waals surface area contributed by atoms with Gasteiger partial charge in [0.25, 0.3) is 11.8 Å². The van der Waals surface area contributed by atoms with Crippen LogP contribution in [0.4, 0.5) is 18.9 Å². The molecule has 0 radical (unpaired) electrons. The van der Waals surface area contributed by atoms with Crippen molar-refractivity contribution >= 4 is 34.3 Å². The molecule has 176 valence electrons. The van der Waals surface area contributed by atoms with Crippen LogP contribution in [0.15, 0.2) is 54.7 Å². The Morgan fingerprint density at radius 3 is 2.17 bits per heavy atom. The van der Waals surface area contributed by atoms with Crippen molar-refractivity contribution in [3.8, 4) is 11.4 Å². The predicted octanol–water partition coefficient (Wildman–Crippen LogP) is 4.63. The number of imide groups is 1. The molecule has 8 nitrogen and oxygen atoms in total. The second-order valence-corrected chi connectivity index (χ2v) is 7.83. The lowest BCUT2D eigenvalue weighted by atomic mass is 10.1. The van der Waals surface area contributed by atoms with Crippen LogP contribution < -0.4 is 9.64 Å². The van der Waals surface area contributed by atoms with Crippen molar-refractivity contribution in [2.24, 2.45) is 0 Å². The molecule has 0 fully saturated rings. The predicted molar refractivity (Wildman–Crippen MR) is 118 cm³/mol. The SMILES string of the molecule is CC(=O)c1ccc(N2C(=O)c3cnc4c(c(C)nn4-c4ccc(OC(F)(F)F)cc4)c3C2=O)cc1. The van der Waals surface area contributed by atoms with Gasteiger partial charge in [-0.1, -0.05) is 0 Å². The van der Waals surface area contributed by atoms with E-state index >= 15 is 0 Å². The molecule has 0 N–H and O–H groups in total. The Kier molecular flexibility index (Phi) is 4.93. The van der Waals surface area contributed by atoms with Crippen molar-refractivity contribution in [3.05, 3.63) is 77.1 Å². The number of ketones is 1. The molecule has 2 aromatic heterocycles. The van der Waals surface area contributed by atoms with Crippen LogP contribution in [-0.2, 0) is 0 Å². The molecule has 5 rings (SSSR count).